The predicted molar refractivity (Wildman–Crippen MR) is 63.1 cm³/mol. The van der Waals surface area contributed by atoms with Gasteiger partial charge in [-0.3, -0.25) is 4.79 Å². The smallest absolute Gasteiger partial charge is 0.240 e. The summed E-state index contributed by atoms with van der Waals surface area (Å²) < 4.78 is 0. The lowest BCUT2D eigenvalue weighted by molar-refractivity contribution is -0.132. The molecule has 0 spiro atoms. The molecule has 0 heterocycles. The maximum absolute atomic E-state index is 11.8. The molecule has 0 aromatic rings. The van der Waals surface area contributed by atoms with Crippen molar-refractivity contribution in [2.75, 3.05) is 13.1 Å². The van der Waals surface area contributed by atoms with Crippen LogP contribution in [0.4, 0.5) is 0 Å². The van der Waals surface area contributed by atoms with E-state index in [1.165, 1.54) is 0 Å². The molecule has 2 unspecified atom stereocenters. The number of terminal acetylenes is 1. The van der Waals surface area contributed by atoms with Crippen LogP contribution in [0.2, 0.25) is 0 Å². The van der Waals surface area contributed by atoms with E-state index in [1.807, 2.05) is 6.92 Å². The summed E-state index contributed by atoms with van der Waals surface area (Å²) >= 11 is 0. The number of nitrogens with two attached hydrogens (primary N) is 1. The maximum atomic E-state index is 11.8. The van der Waals surface area contributed by atoms with Crippen molar-refractivity contribution in [3.05, 3.63) is 0 Å². The summed E-state index contributed by atoms with van der Waals surface area (Å²) in [5.41, 5.74) is 5.69. The Bertz CT molecular complexity index is 232. The minimum Gasteiger partial charge on any atom is -0.341 e. The molecule has 0 fully saturated rings. The summed E-state index contributed by atoms with van der Waals surface area (Å²) in [5, 5.41) is 0. The highest BCUT2D eigenvalue weighted by Gasteiger charge is 2.19. The van der Waals surface area contributed by atoms with Crippen LogP contribution in [0.25, 0.3) is 0 Å². The zero-order valence-electron chi connectivity index (χ0n) is 9.99. The fraction of sp³-hybridized carbons (Fsp3) is 0.750. The molecule has 0 aliphatic carbocycles. The molecule has 0 bridgehead atoms. The van der Waals surface area contributed by atoms with Crippen molar-refractivity contribution in [1.82, 2.24) is 4.90 Å². The lowest BCUT2D eigenvalue weighted by Gasteiger charge is -2.26. The quantitative estimate of drug-likeness (QED) is 0.670. The van der Waals surface area contributed by atoms with E-state index < -0.39 is 6.04 Å². The van der Waals surface area contributed by atoms with E-state index in [1.54, 1.807) is 4.90 Å². The van der Waals surface area contributed by atoms with E-state index in [2.05, 4.69) is 19.8 Å². The molecule has 2 N–H and O–H groups in total. The summed E-state index contributed by atoms with van der Waals surface area (Å²) in [6, 6.07) is -0.543. The van der Waals surface area contributed by atoms with Crippen LogP contribution in [0.3, 0.4) is 0 Å². The number of likely N-dealkylation sites (N-methyl/N-ethyl adjacent to an activating group) is 1. The SMILES string of the molecule is C#CCC(N)C(=O)N(CC)CC(C)CC. The zero-order valence-corrected chi connectivity index (χ0v) is 9.99. The second-order valence-corrected chi connectivity index (χ2v) is 3.91. The zero-order chi connectivity index (χ0) is 11.8. The third-order valence-electron chi connectivity index (χ3n) is 2.58. The van der Waals surface area contributed by atoms with Crippen LogP contribution in [-0.4, -0.2) is 29.9 Å². The van der Waals surface area contributed by atoms with Gasteiger partial charge in [-0.25, -0.2) is 0 Å². The van der Waals surface area contributed by atoms with Gasteiger partial charge in [0.05, 0.1) is 6.04 Å². The summed E-state index contributed by atoms with van der Waals surface area (Å²) in [4.78, 5) is 13.6. The predicted octanol–water partition coefficient (Wildman–Crippen LogP) is 1.23. The highest BCUT2D eigenvalue weighted by atomic mass is 16.2. The van der Waals surface area contributed by atoms with Gasteiger partial charge in [-0.15, -0.1) is 12.3 Å². The van der Waals surface area contributed by atoms with E-state index >= 15 is 0 Å². The maximum Gasteiger partial charge on any atom is 0.240 e. The Hall–Kier alpha value is -1.01. The molecule has 0 aliphatic rings. The van der Waals surface area contributed by atoms with E-state index in [9.17, 15) is 4.79 Å². The number of carbonyl (C=O) groups is 1. The second kappa shape index (κ2) is 7.30. The van der Waals surface area contributed by atoms with Gasteiger partial charge < -0.3 is 10.6 Å². The largest absolute Gasteiger partial charge is 0.341 e. The van der Waals surface area contributed by atoms with E-state index in [0.29, 0.717) is 18.9 Å². The lowest BCUT2D eigenvalue weighted by atomic mass is 10.1. The molecule has 0 aromatic carbocycles. The lowest BCUT2D eigenvalue weighted by Crippen LogP contribution is -2.45. The van der Waals surface area contributed by atoms with Gasteiger partial charge in [0.2, 0.25) is 5.91 Å². The standard InChI is InChI=1S/C12H22N2O/c1-5-8-11(13)12(15)14(7-3)9-10(4)6-2/h1,10-11H,6-9,13H2,2-4H3. The number of amides is 1. The summed E-state index contributed by atoms with van der Waals surface area (Å²) in [6.07, 6.45) is 6.51. The Morgan fingerprint density at radius 2 is 2.13 bits per heavy atom. The van der Waals surface area contributed by atoms with Crippen molar-refractivity contribution < 1.29 is 4.79 Å². The Morgan fingerprint density at radius 1 is 1.53 bits per heavy atom. The van der Waals surface area contributed by atoms with Crippen molar-refractivity contribution in [2.45, 2.75) is 39.7 Å². The first kappa shape index (κ1) is 14.0. The third-order valence-corrected chi connectivity index (χ3v) is 2.58. The van der Waals surface area contributed by atoms with Gasteiger partial charge in [-0.2, -0.15) is 0 Å². The molecule has 2 atom stereocenters. The van der Waals surface area contributed by atoms with E-state index in [4.69, 9.17) is 12.2 Å². The number of carbonyl (C=O) groups excluding carboxylic acids is 1. The molecule has 0 radical (unpaired) electrons. The molecule has 3 heteroatoms. The van der Waals surface area contributed by atoms with Crippen LogP contribution in [-0.2, 0) is 4.79 Å². The molecular formula is C12H22N2O. The average Bonchev–Trinajstić information content (AvgIpc) is 2.24. The Kier molecular flexibility index (Phi) is 6.81. The van der Waals surface area contributed by atoms with Gasteiger partial charge in [0.1, 0.15) is 0 Å². The average molecular weight is 210 g/mol. The Morgan fingerprint density at radius 3 is 2.53 bits per heavy atom. The fourth-order valence-corrected chi connectivity index (χ4v) is 1.33. The van der Waals surface area contributed by atoms with Gasteiger partial charge >= 0.3 is 0 Å². The second-order valence-electron chi connectivity index (χ2n) is 3.91. The summed E-state index contributed by atoms with van der Waals surface area (Å²) in [6.45, 7) is 7.67. The molecule has 0 aromatic heterocycles. The molecule has 15 heavy (non-hydrogen) atoms. The normalized spacial score (nSPS) is 14.1. The van der Waals surface area contributed by atoms with Gasteiger partial charge in [0.25, 0.3) is 0 Å². The number of hydrogen-bond donors (Lipinski definition) is 1. The van der Waals surface area contributed by atoms with E-state index in [0.717, 1.165) is 13.0 Å². The van der Waals surface area contributed by atoms with Crippen molar-refractivity contribution in [3.63, 3.8) is 0 Å². The summed E-state index contributed by atoms with van der Waals surface area (Å²) in [5.74, 6) is 2.90. The first-order valence-electron chi connectivity index (χ1n) is 5.54. The molecule has 1 amide bonds. The van der Waals surface area contributed by atoms with Gasteiger partial charge in [-0.1, -0.05) is 20.3 Å². The molecule has 86 valence electrons. The van der Waals surface area contributed by atoms with Crippen LogP contribution in [0.15, 0.2) is 0 Å². The first-order valence-corrected chi connectivity index (χ1v) is 5.54. The molecular weight excluding hydrogens is 188 g/mol. The van der Waals surface area contributed by atoms with Gasteiger partial charge in [-0.05, 0) is 12.8 Å². The fourth-order valence-electron chi connectivity index (χ4n) is 1.33. The van der Waals surface area contributed by atoms with Crippen molar-refractivity contribution in [2.24, 2.45) is 11.7 Å². The number of hydrogen-bond acceptors (Lipinski definition) is 2. The minimum absolute atomic E-state index is 0.0317. The molecule has 3 nitrogen and oxygen atoms in total. The van der Waals surface area contributed by atoms with Crippen LogP contribution in [0, 0.1) is 18.3 Å². The Balaban J connectivity index is 4.28. The van der Waals surface area contributed by atoms with Crippen LogP contribution >= 0.6 is 0 Å². The van der Waals surface area contributed by atoms with Crippen LogP contribution < -0.4 is 5.73 Å². The Labute approximate surface area is 93.0 Å². The summed E-state index contributed by atoms with van der Waals surface area (Å²) in [7, 11) is 0. The van der Waals surface area contributed by atoms with Crippen molar-refractivity contribution in [1.29, 1.82) is 0 Å². The van der Waals surface area contributed by atoms with Gasteiger partial charge in [0, 0.05) is 19.5 Å². The number of rotatable bonds is 6. The highest BCUT2D eigenvalue weighted by molar-refractivity contribution is 5.81. The third kappa shape index (κ3) is 4.85. The monoisotopic (exact) mass is 210 g/mol. The van der Waals surface area contributed by atoms with Crippen LogP contribution in [0.1, 0.15) is 33.6 Å². The first-order chi connectivity index (χ1) is 7.06. The molecule has 0 saturated heterocycles. The number of nitrogens with zero attached hydrogens (tertiary/aromatic N) is 1. The minimum atomic E-state index is -0.543. The van der Waals surface area contributed by atoms with Gasteiger partial charge in [0.15, 0.2) is 0 Å². The highest BCUT2D eigenvalue weighted by Crippen LogP contribution is 2.06. The molecule has 0 saturated carbocycles. The van der Waals surface area contributed by atoms with Crippen molar-refractivity contribution >= 4 is 5.91 Å². The van der Waals surface area contributed by atoms with Crippen LogP contribution in [0.5, 0.6) is 0 Å². The molecule has 0 rings (SSSR count). The van der Waals surface area contributed by atoms with E-state index in [-0.39, 0.29) is 5.91 Å². The molecule has 0 aliphatic heterocycles. The topological polar surface area (TPSA) is 46.3 Å². The van der Waals surface area contributed by atoms with Crippen molar-refractivity contribution in [3.8, 4) is 12.3 Å².